The number of aromatic amines is 1. The Balaban J connectivity index is 0.000000203. The molecule has 0 atom stereocenters. The van der Waals surface area contributed by atoms with Gasteiger partial charge in [-0.15, -0.1) is 0 Å². The van der Waals surface area contributed by atoms with Crippen LogP contribution in [0.25, 0.3) is 10.9 Å². The number of hydrogen-bond acceptors (Lipinski definition) is 5. The third-order valence-electron chi connectivity index (χ3n) is 3.33. The zero-order valence-electron chi connectivity index (χ0n) is 13.3. The van der Waals surface area contributed by atoms with Crippen molar-refractivity contribution in [2.45, 2.75) is 6.92 Å². The molecule has 0 fully saturated rings. The average molecular weight is 313 g/mol. The van der Waals surface area contributed by atoms with Gasteiger partial charge in [0.2, 0.25) is 0 Å². The number of H-pyrrole nitrogens is 1. The molecular weight excluding hydrogens is 294 g/mol. The Labute approximate surface area is 133 Å². The summed E-state index contributed by atoms with van der Waals surface area (Å²) < 4.78 is 10.2. The number of aryl methyl sites for hydroxylation is 1. The van der Waals surface area contributed by atoms with Crippen LogP contribution >= 0.6 is 0 Å². The summed E-state index contributed by atoms with van der Waals surface area (Å²) in [6, 6.07) is 11.1. The second-order valence-corrected chi connectivity index (χ2v) is 4.81. The number of hydrogen-bond donors (Lipinski definition) is 2. The number of aromatic nitrogens is 2. The van der Waals surface area contributed by atoms with Crippen molar-refractivity contribution in [1.29, 1.82) is 0 Å². The first-order valence-electron chi connectivity index (χ1n) is 6.97. The maximum atomic E-state index is 11.5. The Morgan fingerprint density at radius 1 is 1.09 bits per heavy atom. The summed E-state index contributed by atoms with van der Waals surface area (Å²) in [6.07, 6.45) is 1.36. The maximum absolute atomic E-state index is 11.5. The van der Waals surface area contributed by atoms with Gasteiger partial charge in [0.25, 0.3) is 5.56 Å². The van der Waals surface area contributed by atoms with Crippen molar-refractivity contribution < 1.29 is 9.47 Å². The summed E-state index contributed by atoms with van der Waals surface area (Å²) in [5.41, 5.74) is 7.92. The van der Waals surface area contributed by atoms with Crippen LogP contribution in [0, 0.1) is 6.92 Å². The quantitative estimate of drug-likeness (QED) is 0.709. The lowest BCUT2D eigenvalue weighted by molar-refractivity contribution is 0.355. The average Bonchev–Trinajstić information content (AvgIpc) is 2.57. The van der Waals surface area contributed by atoms with E-state index in [2.05, 4.69) is 9.97 Å². The SMILES string of the molecule is COc1cc2nc[nH]c(=O)c2cc1OC.Cc1ccccc1N. The van der Waals surface area contributed by atoms with E-state index in [9.17, 15) is 4.79 Å². The first kappa shape index (κ1) is 16.4. The zero-order chi connectivity index (χ0) is 16.8. The molecule has 0 saturated heterocycles. The van der Waals surface area contributed by atoms with E-state index in [0.717, 1.165) is 11.3 Å². The van der Waals surface area contributed by atoms with Crippen molar-refractivity contribution in [3.8, 4) is 11.5 Å². The third-order valence-corrected chi connectivity index (χ3v) is 3.33. The third kappa shape index (κ3) is 3.79. The van der Waals surface area contributed by atoms with Crippen LogP contribution in [0.2, 0.25) is 0 Å². The molecule has 23 heavy (non-hydrogen) atoms. The van der Waals surface area contributed by atoms with E-state index in [-0.39, 0.29) is 5.56 Å². The second-order valence-electron chi connectivity index (χ2n) is 4.81. The van der Waals surface area contributed by atoms with E-state index in [1.165, 1.54) is 20.5 Å². The van der Waals surface area contributed by atoms with E-state index in [1.54, 1.807) is 12.1 Å². The Kier molecular flexibility index (Phi) is 5.19. The first-order chi connectivity index (χ1) is 11.1. The van der Waals surface area contributed by atoms with Crippen molar-refractivity contribution in [3.05, 3.63) is 58.6 Å². The fourth-order valence-corrected chi connectivity index (χ4v) is 1.98. The number of ether oxygens (including phenoxy) is 2. The second kappa shape index (κ2) is 7.31. The molecule has 120 valence electrons. The van der Waals surface area contributed by atoms with Crippen molar-refractivity contribution in [2.75, 3.05) is 20.0 Å². The maximum Gasteiger partial charge on any atom is 0.258 e. The molecule has 6 heteroatoms. The summed E-state index contributed by atoms with van der Waals surface area (Å²) in [5.74, 6) is 1.08. The van der Waals surface area contributed by atoms with E-state index in [4.69, 9.17) is 15.2 Å². The van der Waals surface area contributed by atoms with Crippen molar-refractivity contribution in [2.24, 2.45) is 0 Å². The lowest BCUT2D eigenvalue weighted by atomic mass is 10.2. The van der Waals surface area contributed by atoms with Gasteiger partial charge in [0.15, 0.2) is 11.5 Å². The molecule has 0 unspecified atom stereocenters. The highest BCUT2D eigenvalue weighted by Crippen LogP contribution is 2.29. The molecule has 2 aromatic carbocycles. The Bertz CT molecular complexity index is 838. The summed E-state index contributed by atoms with van der Waals surface area (Å²) in [6.45, 7) is 2.00. The van der Waals surface area contributed by atoms with Gasteiger partial charge >= 0.3 is 0 Å². The highest BCUT2D eigenvalue weighted by atomic mass is 16.5. The topological polar surface area (TPSA) is 90.2 Å². The van der Waals surface area contributed by atoms with Crippen LogP contribution in [0.4, 0.5) is 5.69 Å². The number of nitrogen functional groups attached to an aromatic ring is 1. The van der Waals surface area contributed by atoms with Gasteiger partial charge in [-0.3, -0.25) is 4.79 Å². The van der Waals surface area contributed by atoms with Gasteiger partial charge in [-0.05, 0) is 24.6 Å². The smallest absolute Gasteiger partial charge is 0.258 e. The molecule has 0 spiro atoms. The number of nitrogens with zero attached hydrogens (tertiary/aromatic N) is 1. The fraction of sp³-hybridized carbons (Fsp3) is 0.176. The van der Waals surface area contributed by atoms with Crippen LogP contribution in [-0.4, -0.2) is 24.2 Å². The molecule has 3 aromatic rings. The molecule has 0 aliphatic heterocycles. The largest absolute Gasteiger partial charge is 0.493 e. The van der Waals surface area contributed by atoms with Gasteiger partial charge in [0.05, 0.1) is 31.4 Å². The summed E-state index contributed by atoms with van der Waals surface area (Å²) in [4.78, 5) is 18.0. The van der Waals surface area contributed by atoms with E-state index in [0.29, 0.717) is 22.4 Å². The van der Waals surface area contributed by atoms with Crippen LogP contribution < -0.4 is 20.8 Å². The van der Waals surface area contributed by atoms with E-state index in [1.807, 2.05) is 31.2 Å². The zero-order valence-corrected chi connectivity index (χ0v) is 13.3. The van der Waals surface area contributed by atoms with Gasteiger partial charge in [0.1, 0.15) is 0 Å². The number of nitrogens with two attached hydrogens (primary N) is 1. The standard InChI is InChI=1S/C10H10N2O3.C7H9N/c1-14-8-3-6-7(4-9(8)15-2)11-5-12-10(6)13;1-6-4-2-3-5-7(6)8/h3-5H,1-2H3,(H,11,12,13);2-5H,8H2,1H3. The van der Waals surface area contributed by atoms with Gasteiger partial charge < -0.3 is 20.2 Å². The van der Waals surface area contributed by atoms with Crippen molar-refractivity contribution in [3.63, 3.8) is 0 Å². The van der Waals surface area contributed by atoms with Crippen LogP contribution in [0.15, 0.2) is 47.5 Å². The molecule has 1 aromatic heterocycles. The van der Waals surface area contributed by atoms with Crippen LogP contribution in [0.1, 0.15) is 5.56 Å². The minimum Gasteiger partial charge on any atom is -0.493 e. The minimum atomic E-state index is -0.194. The molecule has 1 heterocycles. The molecule has 0 bridgehead atoms. The van der Waals surface area contributed by atoms with Crippen LogP contribution in [-0.2, 0) is 0 Å². The number of rotatable bonds is 2. The molecule has 0 saturated carbocycles. The Morgan fingerprint density at radius 2 is 1.74 bits per heavy atom. The van der Waals surface area contributed by atoms with Crippen molar-refractivity contribution >= 4 is 16.6 Å². The Hall–Kier alpha value is -3.02. The number of para-hydroxylation sites is 1. The normalized spacial score (nSPS) is 9.87. The monoisotopic (exact) mass is 313 g/mol. The number of methoxy groups -OCH3 is 2. The van der Waals surface area contributed by atoms with Gasteiger partial charge in [-0.1, -0.05) is 18.2 Å². The lowest BCUT2D eigenvalue weighted by Crippen LogP contribution is -2.06. The van der Waals surface area contributed by atoms with Gasteiger partial charge in [-0.2, -0.15) is 0 Å². The summed E-state index contributed by atoms with van der Waals surface area (Å²) in [5, 5.41) is 0.482. The van der Waals surface area contributed by atoms with Crippen LogP contribution in [0.3, 0.4) is 0 Å². The predicted molar refractivity (Wildman–Crippen MR) is 91.1 cm³/mol. The fourth-order valence-electron chi connectivity index (χ4n) is 1.98. The number of benzene rings is 2. The highest BCUT2D eigenvalue weighted by Gasteiger charge is 2.08. The highest BCUT2D eigenvalue weighted by molar-refractivity contribution is 5.81. The number of fused-ring (bicyclic) bond motifs is 1. The molecule has 0 aliphatic rings. The molecule has 0 amide bonds. The van der Waals surface area contributed by atoms with Crippen LogP contribution in [0.5, 0.6) is 11.5 Å². The number of nitrogens with one attached hydrogen (secondary N) is 1. The van der Waals surface area contributed by atoms with E-state index >= 15 is 0 Å². The predicted octanol–water partition coefficient (Wildman–Crippen LogP) is 2.52. The molecule has 3 rings (SSSR count). The molecule has 0 radical (unpaired) electrons. The Morgan fingerprint density at radius 3 is 2.30 bits per heavy atom. The summed E-state index contributed by atoms with van der Waals surface area (Å²) in [7, 11) is 3.06. The first-order valence-corrected chi connectivity index (χ1v) is 6.97. The van der Waals surface area contributed by atoms with E-state index < -0.39 is 0 Å². The van der Waals surface area contributed by atoms with Crippen molar-refractivity contribution in [1.82, 2.24) is 9.97 Å². The molecule has 6 nitrogen and oxygen atoms in total. The number of anilines is 1. The lowest BCUT2D eigenvalue weighted by Gasteiger charge is -2.07. The molecule has 0 aliphatic carbocycles. The molecular formula is C17H19N3O3. The summed E-state index contributed by atoms with van der Waals surface area (Å²) >= 11 is 0. The minimum absolute atomic E-state index is 0.194. The molecule has 3 N–H and O–H groups in total. The van der Waals surface area contributed by atoms with Gasteiger partial charge in [-0.25, -0.2) is 4.98 Å². The van der Waals surface area contributed by atoms with Gasteiger partial charge in [0, 0.05) is 11.8 Å².